The number of carbonyl (C=O) groups is 1. The van der Waals surface area contributed by atoms with Crippen LogP contribution in [0.4, 0.5) is 0 Å². The summed E-state index contributed by atoms with van der Waals surface area (Å²) >= 11 is 0. The third-order valence-electron chi connectivity index (χ3n) is 3.74. The van der Waals surface area contributed by atoms with Crippen LogP contribution in [-0.4, -0.2) is 49.4 Å². The van der Waals surface area contributed by atoms with Crippen molar-refractivity contribution < 1.29 is 4.79 Å². The van der Waals surface area contributed by atoms with Gasteiger partial charge in [-0.25, -0.2) is 0 Å². The molecule has 1 fully saturated rings. The van der Waals surface area contributed by atoms with Gasteiger partial charge in [-0.1, -0.05) is 12.8 Å². The van der Waals surface area contributed by atoms with E-state index in [0.717, 1.165) is 19.0 Å². The van der Waals surface area contributed by atoms with Crippen molar-refractivity contribution in [3.63, 3.8) is 0 Å². The molecule has 0 spiro atoms. The molecule has 4 heteroatoms. The summed E-state index contributed by atoms with van der Waals surface area (Å²) in [6, 6.07) is 2.06. The first-order valence-electron chi connectivity index (χ1n) is 6.93. The molecule has 102 valence electrons. The average Bonchev–Trinajstić information content (AvgIpc) is 2.85. The second-order valence-electron chi connectivity index (χ2n) is 5.39. The Bertz CT molecular complexity index is 292. The molecule has 0 N–H and O–H groups in total. The van der Waals surface area contributed by atoms with Crippen LogP contribution in [0.2, 0.25) is 0 Å². The zero-order valence-electron chi connectivity index (χ0n) is 11.7. The Hall–Kier alpha value is -1.08. The third-order valence-corrected chi connectivity index (χ3v) is 3.74. The minimum atomic E-state index is 0.142. The second-order valence-corrected chi connectivity index (χ2v) is 5.39. The SMILES string of the molecule is CN(CCC(=O)N(C)CCC#N)CC1CCCC1. The van der Waals surface area contributed by atoms with Gasteiger partial charge in [0.25, 0.3) is 0 Å². The van der Waals surface area contributed by atoms with Crippen molar-refractivity contribution in [3.8, 4) is 6.07 Å². The lowest BCUT2D eigenvalue weighted by atomic mass is 10.1. The fraction of sp³-hybridized carbons (Fsp3) is 0.857. The molecule has 0 atom stereocenters. The molecule has 0 aromatic heterocycles. The summed E-state index contributed by atoms with van der Waals surface area (Å²) in [4.78, 5) is 15.7. The van der Waals surface area contributed by atoms with Gasteiger partial charge in [-0.05, 0) is 25.8 Å². The fourth-order valence-electron chi connectivity index (χ4n) is 2.54. The molecule has 0 heterocycles. The van der Waals surface area contributed by atoms with E-state index in [0.29, 0.717) is 19.4 Å². The molecule has 18 heavy (non-hydrogen) atoms. The average molecular weight is 251 g/mol. The fourth-order valence-corrected chi connectivity index (χ4v) is 2.54. The quantitative estimate of drug-likeness (QED) is 0.694. The number of nitrogens with zero attached hydrogens (tertiary/aromatic N) is 3. The first-order valence-corrected chi connectivity index (χ1v) is 6.93. The van der Waals surface area contributed by atoms with Gasteiger partial charge in [0.05, 0.1) is 12.5 Å². The molecule has 1 saturated carbocycles. The van der Waals surface area contributed by atoms with E-state index in [1.165, 1.54) is 25.7 Å². The summed E-state index contributed by atoms with van der Waals surface area (Å²) in [7, 11) is 3.87. The van der Waals surface area contributed by atoms with Crippen LogP contribution in [0.3, 0.4) is 0 Å². The number of amides is 1. The second kappa shape index (κ2) is 8.10. The maximum Gasteiger partial charge on any atom is 0.223 e. The maximum atomic E-state index is 11.8. The van der Waals surface area contributed by atoms with E-state index in [2.05, 4.69) is 18.0 Å². The smallest absolute Gasteiger partial charge is 0.223 e. The lowest BCUT2D eigenvalue weighted by Crippen LogP contribution is -2.32. The van der Waals surface area contributed by atoms with E-state index < -0.39 is 0 Å². The van der Waals surface area contributed by atoms with E-state index in [9.17, 15) is 4.79 Å². The molecular weight excluding hydrogens is 226 g/mol. The number of carbonyl (C=O) groups excluding carboxylic acids is 1. The molecule has 1 aliphatic rings. The van der Waals surface area contributed by atoms with Crippen molar-refractivity contribution in [1.29, 1.82) is 5.26 Å². The standard InChI is InChI=1S/C14H25N3O/c1-16(12-13-6-3-4-7-13)11-8-14(18)17(2)10-5-9-15/h13H,3-8,10-12H2,1-2H3. The van der Waals surface area contributed by atoms with Crippen LogP contribution in [0.15, 0.2) is 0 Å². The molecular formula is C14H25N3O. The summed E-state index contributed by atoms with van der Waals surface area (Å²) in [5.41, 5.74) is 0. The highest BCUT2D eigenvalue weighted by Crippen LogP contribution is 2.25. The highest BCUT2D eigenvalue weighted by atomic mass is 16.2. The van der Waals surface area contributed by atoms with Crippen LogP contribution in [-0.2, 0) is 4.79 Å². The Kier molecular flexibility index (Phi) is 6.74. The molecule has 1 amide bonds. The predicted octanol–water partition coefficient (Wildman–Crippen LogP) is 1.87. The van der Waals surface area contributed by atoms with Crippen LogP contribution < -0.4 is 0 Å². The molecule has 0 bridgehead atoms. The highest BCUT2D eigenvalue weighted by Gasteiger charge is 2.17. The van der Waals surface area contributed by atoms with E-state index in [1.54, 1.807) is 11.9 Å². The zero-order valence-corrected chi connectivity index (χ0v) is 11.7. The van der Waals surface area contributed by atoms with Gasteiger partial charge in [0.2, 0.25) is 5.91 Å². The Morgan fingerprint density at radius 3 is 2.56 bits per heavy atom. The van der Waals surface area contributed by atoms with E-state index in [1.807, 2.05) is 0 Å². The van der Waals surface area contributed by atoms with Crippen molar-refractivity contribution in [2.75, 3.05) is 33.7 Å². The minimum absolute atomic E-state index is 0.142. The molecule has 0 unspecified atom stereocenters. The molecule has 0 aromatic carbocycles. The summed E-state index contributed by atoms with van der Waals surface area (Å²) in [5, 5.41) is 8.48. The molecule has 0 saturated heterocycles. The molecule has 0 aliphatic heterocycles. The van der Waals surface area contributed by atoms with E-state index in [4.69, 9.17) is 5.26 Å². The first-order chi connectivity index (χ1) is 8.63. The molecule has 1 aliphatic carbocycles. The van der Waals surface area contributed by atoms with Gasteiger partial charge in [-0.3, -0.25) is 4.79 Å². The monoisotopic (exact) mass is 251 g/mol. The zero-order chi connectivity index (χ0) is 13.4. The molecule has 4 nitrogen and oxygen atoms in total. The topological polar surface area (TPSA) is 47.3 Å². The summed E-state index contributed by atoms with van der Waals surface area (Å²) in [6.45, 7) is 2.49. The summed E-state index contributed by atoms with van der Waals surface area (Å²) in [6.07, 6.45) is 6.41. The summed E-state index contributed by atoms with van der Waals surface area (Å²) < 4.78 is 0. The van der Waals surface area contributed by atoms with Gasteiger partial charge in [-0.15, -0.1) is 0 Å². The highest BCUT2D eigenvalue weighted by molar-refractivity contribution is 5.76. The lowest BCUT2D eigenvalue weighted by molar-refractivity contribution is -0.130. The van der Waals surface area contributed by atoms with Crippen LogP contribution in [0.1, 0.15) is 38.5 Å². The van der Waals surface area contributed by atoms with Gasteiger partial charge in [-0.2, -0.15) is 5.26 Å². The Morgan fingerprint density at radius 2 is 1.94 bits per heavy atom. The first kappa shape index (κ1) is 15.0. The molecule has 0 aromatic rings. The van der Waals surface area contributed by atoms with Crippen molar-refractivity contribution in [1.82, 2.24) is 9.80 Å². The molecule has 0 radical (unpaired) electrons. The minimum Gasteiger partial charge on any atom is -0.345 e. The normalized spacial score (nSPS) is 15.9. The Morgan fingerprint density at radius 1 is 1.28 bits per heavy atom. The lowest BCUT2D eigenvalue weighted by Gasteiger charge is -2.22. The van der Waals surface area contributed by atoms with E-state index in [-0.39, 0.29) is 5.91 Å². The van der Waals surface area contributed by atoms with Crippen molar-refractivity contribution in [3.05, 3.63) is 0 Å². The van der Waals surface area contributed by atoms with Gasteiger partial charge >= 0.3 is 0 Å². The Balaban J connectivity index is 2.14. The van der Waals surface area contributed by atoms with Crippen LogP contribution >= 0.6 is 0 Å². The van der Waals surface area contributed by atoms with Crippen molar-refractivity contribution in [2.45, 2.75) is 38.5 Å². The number of nitriles is 1. The largest absolute Gasteiger partial charge is 0.345 e. The maximum absolute atomic E-state index is 11.8. The van der Waals surface area contributed by atoms with Crippen molar-refractivity contribution in [2.24, 2.45) is 5.92 Å². The van der Waals surface area contributed by atoms with Gasteiger partial charge in [0.15, 0.2) is 0 Å². The van der Waals surface area contributed by atoms with Gasteiger partial charge in [0.1, 0.15) is 0 Å². The number of rotatable bonds is 7. The van der Waals surface area contributed by atoms with Crippen molar-refractivity contribution >= 4 is 5.91 Å². The predicted molar refractivity (Wildman–Crippen MR) is 71.9 cm³/mol. The van der Waals surface area contributed by atoms with Crippen LogP contribution in [0.25, 0.3) is 0 Å². The van der Waals surface area contributed by atoms with Crippen LogP contribution in [0.5, 0.6) is 0 Å². The third kappa shape index (κ3) is 5.50. The number of hydrogen-bond acceptors (Lipinski definition) is 3. The van der Waals surface area contributed by atoms with Gasteiger partial charge < -0.3 is 9.80 Å². The van der Waals surface area contributed by atoms with Gasteiger partial charge in [0, 0.05) is 33.1 Å². The number of hydrogen-bond donors (Lipinski definition) is 0. The Labute approximate surface area is 111 Å². The van der Waals surface area contributed by atoms with E-state index >= 15 is 0 Å². The summed E-state index contributed by atoms with van der Waals surface area (Å²) in [5.74, 6) is 0.977. The van der Waals surface area contributed by atoms with Crippen LogP contribution in [0, 0.1) is 17.2 Å². The molecule has 1 rings (SSSR count).